The van der Waals surface area contributed by atoms with Gasteiger partial charge in [-0.05, 0) is 33.7 Å². The molecule has 0 aliphatic rings. The van der Waals surface area contributed by atoms with Crippen LogP contribution in [0.4, 0.5) is 0 Å². The molecule has 0 saturated carbocycles. The van der Waals surface area contributed by atoms with Crippen LogP contribution in [0, 0.1) is 3.57 Å². The highest BCUT2D eigenvalue weighted by atomic mass is 127. The van der Waals surface area contributed by atoms with Crippen LogP contribution in [0.2, 0.25) is 0 Å². The van der Waals surface area contributed by atoms with Gasteiger partial charge in [-0.2, -0.15) is 0 Å². The van der Waals surface area contributed by atoms with Crippen LogP contribution in [0.1, 0.15) is 18.1 Å². The molecule has 4 nitrogen and oxygen atoms in total. The molecule has 3 aromatic rings. The Balaban J connectivity index is 1.82. The van der Waals surface area contributed by atoms with Crippen molar-refractivity contribution >= 4 is 28.6 Å². The first-order valence-corrected chi connectivity index (χ1v) is 9.55. The molecule has 0 aliphatic carbocycles. The topological polar surface area (TPSA) is 44.8 Å². The highest BCUT2D eigenvalue weighted by molar-refractivity contribution is 14.1. The zero-order valence-corrected chi connectivity index (χ0v) is 17.0. The number of carbonyl (C=O) groups excluding carboxylic acids is 1. The van der Waals surface area contributed by atoms with E-state index in [1.165, 1.54) is 6.92 Å². The second-order valence-electron chi connectivity index (χ2n) is 5.87. The summed E-state index contributed by atoms with van der Waals surface area (Å²) in [6.07, 6.45) is 0. The van der Waals surface area contributed by atoms with Crippen molar-refractivity contribution in [3.8, 4) is 17.2 Å². The number of carbonyl (C=O) groups is 1. The average Bonchev–Trinajstić information content (AvgIpc) is 2.68. The van der Waals surface area contributed by atoms with Crippen LogP contribution >= 0.6 is 22.6 Å². The van der Waals surface area contributed by atoms with E-state index in [9.17, 15) is 4.79 Å². The standard InChI is InChI=1S/C22H19IO4/c1-16(24)27-20-13-22(26-15-18-10-6-3-7-11-18)21(12-19(20)23)25-14-17-8-4-2-5-9-17/h2-13H,14-15H2,1H3. The number of rotatable bonds is 7. The summed E-state index contributed by atoms with van der Waals surface area (Å²) in [5, 5.41) is 0. The maximum Gasteiger partial charge on any atom is 0.308 e. The maximum absolute atomic E-state index is 11.4. The number of hydrogen-bond acceptors (Lipinski definition) is 4. The van der Waals surface area contributed by atoms with Gasteiger partial charge in [-0.3, -0.25) is 4.79 Å². The van der Waals surface area contributed by atoms with Gasteiger partial charge in [0.05, 0.1) is 3.57 Å². The van der Waals surface area contributed by atoms with E-state index in [0.717, 1.165) is 14.7 Å². The lowest BCUT2D eigenvalue weighted by atomic mass is 10.2. The highest BCUT2D eigenvalue weighted by Gasteiger charge is 2.14. The van der Waals surface area contributed by atoms with Crippen molar-refractivity contribution in [1.29, 1.82) is 0 Å². The zero-order chi connectivity index (χ0) is 19.1. The lowest BCUT2D eigenvalue weighted by Crippen LogP contribution is -2.05. The minimum atomic E-state index is -0.375. The lowest BCUT2D eigenvalue weighted by molar-refractivity contribution is -0.131. The summed E-state index contributed by atoms with van der Waals surface area (Å²) < 4.78 is 18.0. The third kappa shape index (κ3) is 5.72. The van der Waals surface area contributed by atoms with Crippen molar-refractivity contribution in [3.63, 3.8) is 0 Å². The van der Waals surface area contributed by atoms with E-state index in [-0.39, 0.29) is 5.97 Å². The van der Waals surface area contributed by atoms with Crippen LogP contribution in [0.25, 0.3) is 0 Å². The molecule has 3 aromatic carbocycles. The van der Waals surface area contributed by atoms with Crippen LogP contribution in [-0.2, 0) is 18.0 Å². The first-order chi connectivity index (χ1) is 13.1. The molecule has 0 unspecified atom stereocenters. The van der Waals surface area contributed by atoms with Gasteiger partial charge in [-0.15, -0.1) is 0 Å². The van der Waals surface area contributed by atoms with E-state index < -0.39 is 0 Å². The van der Waals surface area contributed by atoms with Crippen molar-refractivity contribution in [2.24, 2.45) is 0 Å². The molecule has 0 heterocycles. The Bertz CT molecular complexity index is 895. The molecular formula is C22H19IO4. The van der Waals surface area contributed by atoms with Crippen molar-refractivity contribution in [2.75, 3.05) is 0 Å². The molecule has 0 amide bonds. The van der Waals surface area contributed by atoms with Crippen LogP contribution in [0.15, 0.2) is 72.8 Å². The first kappa shape index (κ1) is 19.2. The van der Waals surface area contributed by atoms with Gasteiger partial charge in [-0.25, -0.2) is 0 Å². The molecule has 0 spiro atoms. The van der Waals surface area contributed by atoms with Gasteiger partial charge < -0.3 is 14.2 Å². The number of esters is 1. The summed E-state index contributed by atoms with van der Waals surface area (Å²) in [6, 6.07) is 23.3. The number of benzene rings is 3. The molecule has 0 aromatic heterocycles. The van der Waals surface area contributed by atoms with E-state index in [0.29, 0.717) is 30.5 Å². The molecule has 0 N–H and O–H groups in total. The molecule has 0 fully saturated rings. The van der Waals surface area contributed by atoms with E-state index in [1.54, 1.807) is 6.07 Å². The average molecular weight is 474 g/mol. The van der Waals surface area contributed by atoms with Gasteiger partial charge in [0.2, 0.25) is 0 Å². The van der Waals surface area contributed by atoms with Crippen LogP contribution in [0.5, 0.6) is 17.2 Å². The van der Waals surface area contributed by atoms with E-state index >= 15 is 0 Å². The molecule has 0 atom stereocenters. The third-order valence-corrected chi connectivity index (χ3v) is 4.57. The Morgan fingerprint density at radius 1 is 0.778 bits per heavy atom. The molecule has 0 bridgehead atoms. The second kappa shape index (κ2) is 9.41. The molecule has 138 valence electrons. The fraction of sp³-hybridized carbons (Fsp3) is 0.136. The van der Waals surface area contributed by atoms with Crippen molar-refractivity contribution in [1.82, 2.24) is 0 Å². The lowest BCUT2D eigenvalue weighted by Gasteiger charge is -2.15. The second-order valence-corrected chi connectivity index (χ2v) is 7.03. The normalized spacial score (nSPS) is 10.3. The first-order valence-electron chi connectivity index (χ1n) is 8.47. The SMILES string of the molecule is CC(=O)Oc1cc(OCc2ccccc2)c(OCc2ccccc2)cc1I. The van der Waals surface area contributed by atoms with Gasteiger partial charge in [-0.1, -0.05) is 60.7 Å². The van der Waals surface area contributed by atoms with E-state index in [1.807, 2.05) is 66.7 Å². The van der Waals surface area contributed by atoms with Crippen molar-refractivity contribution < 1.29 is 19.0 Å². The Hall–Kier alpha value is -2.54. The summed E-state index contributed by atoms with van der Waals surface area (Å²) in [5.41, 5.74) is 2.10. The van der Waals surface area contributed by atoms with Crippen molar-refractivity contribution in [3.05, 3.63) is 87.5 Å². The molecule has 5 heteroatoms. The Labute approximate surface area is 172 Å². The quantitative estimate of drug-likeness (QED) is 0.262. The number of hydrogen-bond donors (Lipinski definition) is 0. The molecule has 0 aliphatic heterocycles. The number of ether oxygens (including phenoxy) is 3. The molecule has 3 rings (SSSR count). The van der Waals surface area contributed by atoms with Crippen LogP contribution in [-0.4, -0.2) is 5.97 Å². The van der Waals surface area contributed by atoms with Gasteiger partial charge in [0.1, 0.15) is 19.0 Å². The largest absolute Gasteiger partial charge is 0.485 e. The van der Waals surface area contributed by atoms with Gasteiger partial charge in [0, 0.05) is 19.1 Å². The monoisotopic (exact) mass is 474 g/mol. The van der Waals surface area contributed by atoms with Crippen molar-refractivity contribution in [2.45, 2.75) is 20.1 Å². The number of halogens is 1. The predicted octanol–water partition coefficient (Wildman–Crippen LogP) is 5.37. The minimum Gasteiger partial charge on any atom is -0.485 e. The van der Waals surface area contributed by atoms with Gasteiger partial charge in [0.25, 0.3) is 0 Å². The summed E-state index contributed by atoms with van der Waals surface area (Å²) in [7, 11) is 0. The fourth-order valence-corrected chi connectivity index (χ4v) is 2.99. The highest BCUT2D eigenvalue weighted by Crippen LogP contribution is 2.37. The Kier molecular flexibility index (Phi) is 6.70. The van der Waals surface area contributed by atoms with E-state index in [2.05, 4.69) is 22.6 Å². The summed E-state index contributed by atoms with van der Waals surface area (Å²) in [5.74, 6) is 1.22. The molecular weight excluding hydrogens is 455 g/mol. The maximum atomic E-state index is 11.4. The fourth-order valence-electron chi connectivity index (χ4n) is 2.45. The Morgan fingerprint density at radius 2 is 1.26 bits per heavy atom. The van der Waals surface area contributed by atoms with Crippen LogP contribution in [0.3, 0.4) is 0 Å². The third-order valence-electron chi connectivity index (χ3n) is 3.73. The predicted molar refractivity (Wildman–Crippen MR) is 112 cm³/mol. The smallest absolute Gasteiger partial charge is 0.308 e. The zero-order valence-electron chi connectivity index (χ0n) is 14.9. The molecule has 27 heavy (non-hydrogen) atoms. The van der Waals surface area contributed by atoms with Gasteiger partial charge in [0.15, 0.2) is 11.5 Å². The molecule has 0 radical (unpaired) electrons. The minimum absolute atomic E-state index is 0.375. The van der Waals surface area contributed by atoms with Gasteiger partial charge >= 0.3 is 5.97 Å². The molecule has 0 saturated heterocycles. The van der Waals surface area contributed by atoms with E-state index in [4.69, 9.17) is 14.2 Å². The summed E-state index contributed by atoms with van der Waals surface area (Å²) in [4.78, 5) is 11.4. The van der Waals surface area contributed by atoms with Crippen LogP contribution < -0.4 is 14.2 Å². The summed E-state index contributed by atoms with van der Waals surface area (Å²) >= 11 is 2.12. The summed E-state index contributed by atoms with van der Waals surface area (Å²) in [6.45, 7) is 2.19. The Morgan fingerprint density at radius 3 is 1.74 bits per heavy atom.